The van der Waals surface area contributed by atoms with Gasteiger partial charge in [-0.05, 0) is 63.5 Å². The lowest BCUT2D eigenvalue weighted by Gasteiger charge is -2.13. The molecule has 0 saturated carbocycles. The Labute approximate surface area is 229 Å². The van der Waals surface area contributed by atoms with Crippen molar-refractivity contribution in [3.63, 3.8) is 0 Å². The lowest BCUT2D eigenvalue weighted by atomic mass is 10.0. The van der Waals surface area contributed by atoms with Gasteiger partial charge in [-0.25, -0.2) is 4.79 Å². The molecule has 0 heterocycles. The smallest absolute Gasteiger partial charge is 0.341 e. The highest BCUT2D eigenvalue weighted by Crippen LogP contribution is 2.16. The number of phenolic OH excluding ortho intramolecular Hbond substituents is 1. The second kappa shape index (κ2) is 22.6. The van der Waals surface area contributed by atoms with Gasteiger partial charge in [0.15, 0.2) is 0 Å². The van der Waals surface area contributed by atoms with Gasteiger partial charge in [-0.3, -0.25) is 4.79 Å². The van der Waals surface area contributed by atoms with Crippen LogP contribution in [-0.2, 0) is 9.53 Å². The first-order valence-electron chi connectivity index (χ1n) is 13.7. The van der Waals surface area contributed by atoms with Crippen LogP contribution in [0.1, 0.15) is 75.6 Å². The van der Waals surface area contributed by atoms with Crippen molar-refractivity contribution in [3.8, 4) is 5.75 Å². The number of esters is 1. The lowest BCUT2D eigenvalue weighted by molar-refractivity contribution is -0.125. The summed E-state index contributed by atoms with van der Waals surface area (Å²) in [5, 5.41) is 12.5. The Morgan fingerprint density at radius 3 is 1.79 bits per heavy atom. The van der Waals surface area contributed by atoms with Crippen LogP contribution in [0.25, 0.3) is 0 Å². The molecule has 0 bridgehead atoms. The van der Waals surface area contributed by atoms with Gasteiger partial charge in [-0.1, -0.05) is 98.9 Å². The van der Waals surface area contributed by atoms with E-state index in [2.05, 4.69) is 79.1 Å². The van der Waals surface area contributed by atoms with Crippen molar-refractivity contribution in [2.45, 2.75) is 65.2 Å². The average molecular weight is 520 g/mol. The summed E-state index contributed by atoms with van der Waals surface area (Å²) in [6.45, 7) is 4.42. The number of hydrogen-bond acceptors (Lipinski definition) is 4. The molecular formula is C33H45NO4. The highest BCUT2D eigenvalue weighted by atomic mass is 16.5. The van der Waals surface area contributed by atoms with E-state index in [1.807, 2.05) is 13.0 Å². The Morgan fingerprint density at radius 1 is 0.789 bits per heavy atom. The van der Waals surface area contributed by atoms with Crippen LogP contribution >= 0.6 is 0 Å². The number of amides is 1. The van der Waals surface area contributed by atoms with Crippen molar-refractivity contribution in [2.75, 3.05) is 13.2 Å². The van der Waals surface area contributed by atoms with Gasteiger partial charge in [0.1, 0.15) is 17.9 Å². The fourth-order valence-electron chi connectivity index (χ4n) is 3.43. The Hall–Kier alpha value is -3.60. The third-order valence-electron chi connectivity index (χ3n) is 5.64. The SMILES string of the molecule is CC/C=C\C/C=C\C/C=C\C/C=C\C/C=C\C/C=C\CC(CC)C(=O)NCCOC(=O)c1ccccc1O. The van der Waals surface area contributed by atoms with E-state index in [1.54, 1.807) is 12.1 Å². The third kappa shape index (κ3) is 16.2. The summed E-state index contributed by atoms with van der Waals surface area (Å²) in [5.74, 6) is -0.898. The second-order valence-corrected chi connectivity index (χ2v) is 8.70. The molecule has 0 spiro atoms. The molecule has 0 aromatic heterocycles. The molecule has 206 valence electrons. The number of nitrogens with one attached hydrogen (secondary N) is 1. The van der Waals surface area contributed by atoms with Gasteiger partial charge in [0, 0.05) is 5.92 Å². The highest BCUT2D eigenvalue weighted by Gasteiger charge is 2.15. The molecule has 0 aliphatic rings. The minimum absolute atomic E-state index is 0.0503. The van der Waals surface area contributed by atoms with Crippen LogP contribution in [0, 0.1) is 5.92 Å². The van der Waals surface area contributed by atoms with E-state index in [-0.39, 0.29) is 36.3 Å². The molecule has 5 nitrogen and oxygen atoms in total. The number of allylic oxidation sites excluding steroid dienone is 12. The van der Waals surface area contributed by atoms with Gasteiger partial charge >= 0.3 is 5.97 Å². The maximum absolute atomic E-state index is 12.4. The Balaban J connectivity index is 2.13. The summed E-state index contributed by atoms with van der Waals surface area (Å²) in [6.07, 6.45) is 33.2. The third-order valence-corrected chi connectivity index (χ3v) is 5.64. The molecule has 0 aliphatic heterocycles. The predicted octanol–water partition coefficient (Wildman–Crippen LogP) is 7.78. The first-order chi connectivity index (χ1) is 18.6. The van der Waals surface area contributed by atoms with Crippen molar-refractivity contribution in [2.24, 2.45) is 5.92 Å². The number of hydrogen-bond donors (Lipinski definition) is 2. The quantitative estimate of drug-likeness (QED) is 0.111. The topological polar surface area (TPSA) is 75.6 Å². The van der Waals surface area contributed by atoms with E-state index < -0.39 is 5.97 Å². The highest BCUT2D eigenvalue weighted by molar-refractivity contribution is 5.92. The summed E-state index contributed by atoms with van der Waals surface area (Å²) in [5.41, 5.74) is 0.114. The summed E-state index contributed by atoms with van der Waals surface area (Å²) >= 11 is 0. The van der Waals surface area contributed by atoms with E-state index in [1.165, 1.54) is 12.1 Å². The van der Waals surface area contributed by atoms with Gasteiger partial charge in [0.2, 0.25) is 5.91 Å². The zero-order valence-corrected chi connectivity index (χ0v) is 23.1. The van der Waals surface area contributed by atoms with Gasteiger partial charge in [-0.2, -0.15) is 0 Å². The molecule has 5 heteroatoms. The van der Waals surface area contributed by atoms with Gasteiger partial charge in [0.25, 0.3) is 0 Å². The number of ether oxygens (including phenoxy) is 1. The Kier molecular flexibility index (Phi) is 19.3. The molecule has 0 aliphatic carbocycles. The molecule has 1 atom stereocenters. The first-order valence-corrected chi connectivity index (χ1v) is 13.7. The largest absolute Gasteiger partial charge is 0.507 e. The van der Waals surface area contributed by atoms with Crippen molar-refractivity contribution < 1.29 is 19.4 Å². The lowest BCUT2D eigenvalue weighted by Crippen LogP contribution is -2.33. The van der Waals surface area contributed by atoms with Crippen molar-refractivity contribution >= 4 is 11.9 Å². The molecule has 38 heavy (non-hydrogen) atoms. The minimum atomic E-state index is -0.609. The van der Waals surface area contributed by atoms with Crippen molar-refractivity contribution in [3.05, 3.63) is 103 Å². The number of aromatic hydroxyl groups is 1. The molecule has 1 aromatic carbocycles. The Morgan fingerprint density at radius 2 is 1.29 bits per heavy atom. The van der Waals surface area contributed by atoms with Crippen molar-refractivity contribution in [1.29, 1.82) is 0 Å². The first kappa shape index (κ1) is 32.4. The molecule has 0 radical (unpaired) electrons. The molecule has 2 N–H and O–H groups in total. The number of carbonyl (C=O) groups excluding carboxylic acids is 2. The van der Waals surface area contributed by atoms with Crippen LogP contribution in [0.4, 0.5) is 0 Å². The Bertz CT molecular complexity index is 969. The maximum Gasteiger partial charge on any atom is 0.341 e. The number of benzene rings is 1. The van der Waals surface area contributed by atoms with Crippen LogP contribution in [-0.4, -0.2) is 30.1 Å². The van der Waals surface area contributed by atoms with E-state index in [0.29, 0.717) is 6.42 Å². The standard InChI is InChI=1S/C33H45NO4/c1-3-5-6-7-8-9-10-11-12-13-14-15-16-17-18-19-20-21-24-29(4-2)32(36)34-27-28-38-33(37)30-25-22-23-26-31(30)35/h5-6,8-9,11-12,14-15,17-18,20-23,25-26,29,35H,3-4,7,10,13,16,19,24,27-28H2,1-2H3,(H,34,36)/b6-5-,9-8-,12-11-,15-14-,18-17-,21-20-. The van der Waals surface area contributed by atoms with E-state index in [0.717, 1.165) is 44.9 Å². The van der Waals surface area contributed by atoms with Gasteiger partial charge < -0.3 is 15.2 Å². The molecule has 1 amide bonds. The molecule has 0 fully saturated rings. The monoisotopic (exact) mass is 519 g/mol. The summed E-state index contributed by atoms with van der Waals surface area (Å²) in [4.78, 5) is 24.4. The fraction of sp³-hybridized carbons (Fsp3) is 0.394. The molecular weight excluding hydrogens is 474 g/mol. The number of para-hydroxylation sites is 1. The van der Waals surface area contributed by atoms with E-state index in [4.69, 9.17) is 4.74 Å². The normalized spacial score (nSPS) is 13.1. The zero-order valence-electron chi connectivity index (χ0n) is 23.1. The maximum atomic E-state index is 12.4. The molecule has 0 saturated heterocycles. The number of carbonyl (C=O) groups is 2. The van der Waals surface area contributed by atoms with E-state index in [9.17, 15) is 14.7 Å². The van der Waals surface area contributed by atoms with Crippen LogP contribution < -0.4 is 5.32 Å². The number of rotatable bonds is 19. The van der Waals surface area contributed by atoms with Gasteiger partial charge in [-0.15, -0.1) is 0 Å². The summed E-state index contributed by atoms with van der Waals surface area (Å²) in [7, 11) is 0. The predicted molar refractivity (Wildman–Crippen MR) is 158 cm³/mol. The molecule has 1 unspecified atom stereocenters. The van der Waals surface area contributed by atoms with Gasteiger partial charge in [0.05, 0.1) is 6.54 Å². The van der Waals surface area contributed by atoms with Crippen LogP contribution in [0.15, 0.2) is 97.2 Å². The van der Waals surface area contributed by atoms with Crippen LogP contribution in [0.3, 0.4) is 0 Å². The summed E-state index contributed by atoms with van der Waals surface area (Å²) < 4.78 is 5.13. The zero-order chi connectivity index (χ0) is 27.7. The van der Waals surface area contributed by atoms with E-state index >= 15 is 0 Å². The fourth-order valence-corrected chi connectivity index (χ4v) is 3.43. The minimum Gasteiger partial charge on any atom is -0.507 e. The van der Waals surface area contributed by atoms with Crippen molar-refractivity contribution in [1.82, 2.24) is 5.32 Å². The van der Waals surface area contributed by atoms with Crippen LogP contribution in [0.2, 0.25) is 0 Å². The summed E-state index contributed by atoms with van der Waals surface area (Å²) in [6, 6.07) is 6.21. The molecule has 1 rings (SSSR count). The van der Waals surface area contributed by atoms with Crippen LogP contribution in [0.5, 0.6) is 5.75 Å². The number of phenols is 1. The molecule has 1 aromatic rings. The second-order valence-electron chi connectivity index (χ2n) is 8.70. The average Bonchev–Trinajstić information content (AvgIpc) is 2.92.